The molecule has 1 unspecified atom stereocenters. The number of anilines is 4. The summed E-state index contributed by atoms with van der Waals surface area (Å²) in [4.78, 5) is 7.40. The Labute approximate surface area is 380 Å². The molecule has 2 heterocycles. The lowest BCUT2D eigenvalue weighted by molar-refractivity contribution is 0.426. The second-order valence-corrected chi connectivity index (χ2v) is 19.1. The Morgan fingerprint density at radius 3 is 1.68 bits per heavy atom. The van der Waals surface area contributed by atoms with Gasteiger partial charge in [0, 0.05) is 25.5 Å². The third-order valence-corrected chi connectivity index (χ3v) is 14.4. The number of sulfonamides is 1. The predicted molar refractivity (Wildman–Crippen MR) is 263 cm³/mol. The molecule has 7 aromatic rings. The van der Waals surface area contributed by atoms with Crippen molar-refractivity contribution in [1.29, 1.82) is 0 Å². The van der Waals surface area contributed by atoms with Gasteiger partial charge in [-0.2, -0.15) is 18.4 Å². The van der Waals surface area contributed by atoms with Gasteiger partial charge in [-0.3, -0.25) is 0 Å². The van der Waals surface area contributed by atoms with Gasteiger partial charge < -0.3 is 20.7 Å². The highest BCUT2D eigenvalue weighted by Gasteiger charge is 2.19. The fourth-order valence-electron chi connectivity index (χ4n) is 6.91. The highest BCUT2D eigenvalue weighted by Crippen LogP contribution is 2.46. The maximum absolute atomic E-state index is 12.4. The number of para-hydroxylation sites is 2. The molecule has 1 atom stereocenters. The molecule has 7 aromatic carbocycles. The number of aryl methyl sites for hydroxylation is 3. The Morgan fingerprint density at radius 2 is 1.13 bits per heavy atom. The number of hydrogen-bond acceptors (Lipinski definition) is 9. The summed E-state index contributed by atoms with van der Waals surface area (Å²) in [5.74, 6) is 0.394. The first-order valence-electron chi connectivity index (χ1n) is 20.9. The van der Waals surface area contributed by atoms with Crippen LogP contribution in [0.4, 0.5) is 22.7 Å². The standard InChI is InChI=1S/C22H21NS.C21H19N3O2S2.C8H11BO2/c1-3-16-8-10-17(11-9-16)15(2)18-12-13-22-20(14-18)23-19-6-4-5-7-21(19)24-22;1-14-7-10-17(11-8-14)28(25,26)24-23-15(2)16-9-12-21-19(13-16)22-18-5-3-4-6-20(18)27-21;1-2-7-3-5-8(6-4-7)9(10)11/h4-15,23H,3H2,1-2H3;3-13,22,24H,1-2H3;3-6,10-11H,2H2,1H3/b;23-15+;. The Morgan fingerprint density at radius 1 is 0.635 bits per heavy atom. The Hall–Kier alpha value is -5.76. The lowest BCUT2D eigenvalue weighted by atomic mass is 9.80. The van der Waals surface area contributed by atoms with Crippen LogP contribution < -0.4 is 20.9 Å². The molecule has 63 heavy (non-hydrogen) atoms. The lowest BCUT2D eigenvalue weighted by Gasteiger charge is -2.22. The van der Waals surface area contributed by atoms with E-state index in [9.17, 15) is 8.42 Å². The smallest absolute Gasteiger partial charge is 0.423 e. The number of hydrazone groups is 1. The molecule has 0 saturated carbocycles. The van der Waals surface area contributed by atoms with Crippen molar-refractivity contribution >= 4 is 74.6 Å². The van der Waals surface area contributed by atoms with Crippen LogP contribution in [0.15, 0.2) is 187 Å². The number of fused-ring (bicyclic) bond motifs is 4. The van der Waals surface area contributed by atoms with Crippen molar-refractivity contribution < 1.29 is 18.5 Å². The molecule has 2 aliphatic heterocycles. The number of nitrogens with zero attached hydrogens (tertiary/aromatic N) is 1. The minimum Gasteiger partial charge on any atom is -0.423 e. The molecule has 8 nitrogen and oxygen atoms in total. The number of hydrogen-bond donors (Lipinski definition) is 5. The van der Waals surface area contributed by atoms with Crippen LogP contribution in [0, 0.1) is 6.92 Å². The summed E-state index contributed by atoms with van der Waals surface area (Å²) in [6, 6.07) is 52.3. The van der Waals surface area contributed by atoms with Crippen molar-refractivity contribution in [2.75, 3.05) is 10.6 Å². The Balaban J connectivity index is 0.000000154. The van der Waals surface area contributed by atoms with Crippen LogP contribution >= 0.6 is 23.5 Å². The van der Waals surface area contributed by atoms with Gasteiger partial charge in [-0.05, 0) is 121 Å². The van der Waals surface area contributed by atoms with Gasteiger partial charge in [0.25, 0.3) is 10.0 Å². The van der Waals surface area contributed by atoms with Gasteiger partial charge in [-0.25, -0.2) is 0 Å². The van der Waals surface area contributed by atoms with Crippen molar-refractivity contribution in [2.24, 2.45) is 5.10 Å². The summed E-state index contributed by atoms with van der Waals surface area (Å²) in [5, 5.41) is 28.6. The lowest BCUT2D eigenvalue weighted by Crippen LogP contribution is -2.29. The van der Waals surface area contributed by atoms with Gasteiger partial charge in [0.15, 0.2) is 0 Å². The Kier molecular flexibility index (Phi) is 14.8. The van der Waals surface area contributed by atoms with E-state index in [-0.39, 0.29) is 4.90 Å². The monoisotopic (exact) mass is 890 g/mol. The highest BCUT2D eigenvalue weighted by molar-refractivity contribution is 8.00. The van der Waals surface area contributed by atoms with Crippen molar-refractivity contribution in [3.05, 3.63) is 191 Å². The van der Waals surface area contributed by atoms with E-state index in [1.807, 2.05) is 67.2 Å². The highest BCUT2D eigenvalue weighted by atomic mass is 32.2. The van der Waals surface area contributed by atoms with E-state index in [0.717, 1.165) is 40.2 Å². The van der Waals surface area contributed by atoms with E-state index in [4.69, 9.17) is 10.0 Å². The molecule has 0 aromatic heterocycles. The van der Waals surface area contributed by atoms with Crippen LogP contribution in [0.5, 0.6) is 0 Å². The van der Waals surface area contributed by atoms with Crippen LogP contribution in [-0.2, 0) is 22.9 Å². The minimum absolute atomic E-state index is 0.190. The largest absolute Gasteiger partial charge is 0.488 e. The first-order valence-corrected chi connectivity index (χ1v) is 24.0. The Bertz CT molecular complexity index is 2820. The van der Waals surface area contributed by atoms with Gasteiger partial charge in [-0.15, -0.1) is 0 Å². The number of rotatable bonds is 9. The van der Waals surface area contributed by atoms with Crippen molar-refractivity contribution in [1.82, 2.24) is 4.83 Å². The molecular weight excluding hydrogens is 840 g/mol. The topological polar surface area (TPSA) is 123 Å². The maximum Gasteiger partial charge on any atom is 0.488 e. The molecule has 0 saturated heterocycles. The molecule has 0 spiro atoms. The number of nitrogens with one attached hydrogen (secondary N) is 3. The molecule has 0 radical (unpaired) electrons. The van der Waals surface area contributed by atoms with Crippen LogP contribution in [0.1, 0.15) is 67.0 Å². The average Bonchev–Trinajstić information content (AvgIpc) is 3.32. The SMILES string of the molecule is C/C(=N\NS(=O)(=O)c1ccc(C)cc1)c1ccc2c(c1)Nc1ccccc1S2.CCc1ccc(B(O)O)cc1.CCc1ccc(C(C)c2ccc3c(c2)Nc2ccccc2S3)cc1. The molecule has 12 heteroatoms. The fraction of sp³-hybridized carbons (Fsp3) is 0.157. The van der Waals surface area contributed by atoms with Crippen LogP contribution in [0.2, 0.25) is 0 Å². The van der Waals surface area contributed by atoms with Crippen molar-refractivity contribution in [2.45, 2.75) is 77.9 Å². The van der Waals surface area contributed by atoms with Gasteiger partial charge in [0.1, 0.15) is 0 Å². The molecule has 9 rings (SSSR count). The molecule has 0 fully saturated rings. The zero-order chi connectivity index (χ0) is 44.5. The number of benzene rings is 7. The molecule has 0 bridgehead atoms. The van der Waals surface area contributed by atoms with Crippen LogP contribution in [0.25, 0.3) is 0 Å². The van der Waals surface area contributed by atoms with Gasteiger partial charge in [0.2, 0.25) is 0 Å². The van der Waals surface area contributed by atoms with Gasteiger partial charge in [-0.1, -0.05) is 147 Å². The first-order chi connectivity index (χ1) is 30.4. The predicted octanol–water partition coefficient (Wildman–Crippen LogP) is 11.4. The second-order valence-electron chi connectivity index (χ2n) is 15.3. The zero-order valence-electron chi connectivity index (χ0n) is 36.0. The molecule has 2 aliphatic rings. The van der Waals surface area contributed by atoms with Gasteiger partial charge in [0.05, 0.1) is 33.4 Å². The van der Waals surface area contributed by atoms with E-state index in [2.05, 4.69) is 114 Å². The average molecular weight is 891 g/mol. The summed E-state index contributed by atoms with van der Waals surface area (Å²) < 4.78 is 24.8. The van der Waals surface area contributed by atoms with E-state index < -0.39 is 17.1 Å². The van der Waals surface area contributed by atoms with E-state index in [1.54, 1.807) is 55.1 Å². The summed E-state index contributed by atoms with van der Waals surface area (Å²) in [6.45, 7) is 10.2. The summed E-state index contributed by atoms with van der Waals surface area (Å²) in [7, 11) is -5.04. The third-order valence-electron chi connectivity index (χ3n) is 10.9. The summed E-state index contributed by atoms with van der Waals surface area (Å²) >= 11 is 3.55. The quantitative estimate of drug-likeness (QED) is 0.0552. The summed E-state index contributed by atoms with van der Waals surface area (Å²) in [5.41, 5.74) is 12.8. The molecule has 0 aliphatic carbocycles. The van der Waals surface area contributed by atoms with Gasteiger partial charge >= 0.3 is 7.12 Å². The van der Waals surface area contributed by atoms with Crippen LogP contribution in [0.3, 0.4) is 0 Å². The maximum atomic E-state index is 12.4. The third kappa shape index (κ3) is 11.4. The van der Waals surface area contributed by atoms with Crippen molar-refractivity contribution in [3.63, 3.8) is 0 Å². The van der Waals surface area contributed by atoms with E-state index in [1.165, 1.54) is 48.3 Å². The summed E-state index contributed by atoms with van der Waals surface area (Å²) in [6.07, 6.45) is 2.07. The molecule has 0 amide bonds. The van der Waals surface area contributed by atoms with E-state index in [0.29, 0.717) is 17.1 Å². The fourth-order valence-corrected chi connectivity index (χ4v) is 9.71. The molecular formula is C51H51BN4O4S3. The zero-order valence-corrected chi connectivity index (χ0v) is 38.4. The van der Waals surface area contributed by atoms with Crippen LogP contribution in [-0.4, -0.2) is 31.3 Å². The first kappa shape index (κ1) is 45.3. The molecule has 320 valence electrons. The van der Waals surface area contributed by atoms with Crippen molar-refractivity contribution in [3.8, 4) is 0 Å². The minimum atomic E-state index is -3.69. The second kappa shape index (κ2) is 20.6. The van der Waals surface area contributed by atoms with E-state index >= 15 is 0 Å². The molecule has 5 N–H and O–H groups in total. The normalized spacial score (nSPS) is 12.8.